The van der Waals surface area contributed by atoms with Gasteiger partial charge in [0.25, 0.3) is 0 Å². The lowest BCUT2D eigenvalue weighted by molar-refractivity contribution is 0.586. The molecule has 0 aliphatic carbocycles. The first-order chi connectivity index (χ1) is 8.65. The lowest BCUT2D eigenvalue weighted by Crippen LogP contribution is -2.21. The Bertz CT molecular complexity index is 481. The van der Waals surface area contributed by atoms with Crippen molar-refractivity contribution in [2.75, 3.05) is 0 Å². The van der Waals surface area contributed by atoms with Crippen molar-refractivity contribution in [3.8, 4) is 0 Å². The molecule has 0 aliphatic heterocycles. The minimum Gasteiger partial charge on any atom is -0.354 e. The SMILES string of the molecule is CC(C)NCc1ccn(CCc2ccnn2C)c1. The van der Waals surface area contributed by atoms with E-state index in [2.05, 4.69) is 53.4 Å². The summed E-state index contributed by atoms with van der Waals surface area (Å²) >= 11 is 0. The largest absolute Gasteiger partial charge is 0.354 e. The Balaban J connectivity index is 1.85. The van der Waals surface area contributed by atoms with E-state index >= 15 is 0 Å². The molecule has 2 rings (SSSR count). The maximum Gasteiger partial charge on any atom is 0.0492 e. The molecule has 0 radical (unpaired) electrons. The fourth-order valence-electron chi connectivity index (χ4n) is 1.95. The fourth-order valence-corrected chi connectivity index (χ4v) is 1.95. The number of aromatic nitrogens is 3. The smallest absolute Gasteiger partial charge is 0.0492 e. The van der Waals surface area contributed by atoms with Crippen LogP contribution in [-0.2, 0) is 26.6 Å². The molecule has 0 saturated carbocycles. The van der Waals surface area contributed by atoms with Crippen LogP contribution in [0.25, 0.3) is 0 Å². The molecule has 0 saturated heterocycles. The van der Waals surface area contributed by atoms with Crippen LogP contribution >= 0.6 is 0 Å². The zero-order valence-corrected chi connectivity index (χ0v) is 11.4. The summed E-state index contributed by atoms with van der Waals surface area (Å²) in [6.07, 6.45) is 7.23. The second-order valence-electron chi connectivity index (χ2n) is 4.99. The van der Waals surface area contributed by atoms with Crippen molar-refractivity contribution in [1.82, 2.24) is 19.7 Å². The summed E-state index contributed by atoms with van der Waals surface area (Å²) < 4.78 is 4.18. The summed E-state index contributed by atoms with van der Waals surface area (Å²) in [5.74, 6) is 0. The number of hydrogen-bond acceptors (Lipinski definition) is 2. The summed E-state index contributed by atoms with van der Waals surface area (Å²) in [5, 5.41) is 7.61. The van der Waals surface area contributed by atoms with E-state index in [1.807, 2.05) is 17.9 Å². The molecule has 2 heterocycles. The number of aryl methyl sites for hydroxylation is 3. The molecule has 0 bridgehead atoms. The molecule has 0 fully saturated rings. The van der Waals surface area contributed by atoms with E-state index in [4.69, 9.17) is 0 Å². The van der Waals surface area contributed by atoms with Gasteiger partial charge < -0.3 is 9.88 Å². The minimum absolute atomic E-state index is 0.530. The van der Waals surface area contributed by atoms with E-state index in [1.165, 1.54) is 11.3 Å². The Morgan fingerprint density at radius 1 is 1.33 bits per heavy atom. The molecular formula is C14H22N4. The predicted molar refractivity (Wildman–Crippen MR) is 73.3 cm³/mol. The Hall–Kier alpha value is -1.55. The Labute approximate surface area is 109 Å². The van der Waals surface area contributed by atoms with Gasteiger partial charge in [0.15, 0.2) is 0 Å². The standard InChI is InChI=1S/C14H22N4/c1-12(2)15-10-13-5-8-18(11-13)9-6-14-4-7-16-17(14)3/h4-5,7-8,11-12,15H,6,9-10H2,1-3H3. The molecule has 0 unspecified atom stereocenters. The van der Waals surface area contributed by atoms with Gasteiger partial charge in [-0.25, -0.2) is 0 Å². The van der Waals surface area contributed by atoms with Crippen LogP contribution < -0.4 is 5.32 Å². The Morgan fingerprint density at radius 2 is 2.17 bits per heavy atom. The van der Waals surface area contributed by atoms with Crippen molar-refractivity contribution < 1.29 is 0 Å². The minimum atomic E-state index is 0.530. The predicted octanol–water partition coefficient (Wildman–Crippen LogP) is 1.96. The first-order valence-electron chi connectivity index (χ1n) is 6.50. The van der Waals surface area contributed by atoms with Gasteiger partial charge >= 0.3 is 0 Å². The molecule has 0 aromatic carbocycles. The number of rotatable bonds is 6. The highest BCUT2D eigenvalue weighted by molar-refractivity contribution is 5.10. The molecule has 18 heavy (non-hydrogen) atoms. The lowest BCUT2D eigenvalue weighted by Gasteiger charge is -2.06. The van der Waals surface area contributed by atoms with Crippen LogP contribution in [-0.4, -0.2) is 20.4 Å². The number of nitrogens with zero attached hydrogens (tertiary/aromatic N) is 3. The molecule has 0 aliphatic rings. The van der Waals surface area contributed by atoms with Gasteiger partial charge in [0.05, 0.1) is 0 Å². The second-order valence-corrected chi connectivity index (χ2v) is 4.99. The van der Waals surface area contributed by atoms with E-state index < -0.39 is 0 Å². The van der Waals surface area contributed by atoms with E-state index in [0.29, 0.717) is 6.04 Å². The van der Waals surface area contributed by atoms with Crippen LogP contribution in [0.1, 0.15) is 25.1 Å². The monoisotopic (exact) mass is 246 g/mol. The third kappa shape index (κ3) is 3.47. The summed E-state index contributed by atoms with van der Waals surface area (Å²) in [4.78, 5) is 0. The first kappa shape index (κ1) is 12.9. The van der Waals surface area contributed by atoms with E-state index in [0.717, 1.165) is 19.5 Å². The van der Waals surface area contributed by atoms with Crippen molar-refractivity contribution in [2.45, 2.75) is 39.4 Å². The zero-order chi connectivity index (χ0) is 13.0. The third-order valence-corrected chi connectivity index (χ3v) is 3.07. The van der Waals surface area contributed by atoms with Gasteiger partial charge in [-0.3, -0.25) is 4.68 Å². The van der Waals surface area contributed by atoms with Crippen LogP contribution in [0.5, 0.6) is 0 Å². The Morgan fingerprint density at radius 3 is 2.83 bits per heavy atom. The third-order valence-electron chi connectivity index (χ3n) is 3.07. The summed E-state index contributed by atoms with van der Waals surface area (Å²) in [6.45, 7) is 6.27. The van der Waals surface area contributed by atoms with Crippen LogP contribution in [0.4, 0.5) is 0 Å². The highest BCUT2D eigenvalue weighted by atomic mass is 15.3. The van der Waals surface area contributed by atoms with Gasteiger partial charge in [0.1, 0.15) is 0 Å². The van der Waals surface area contributed by atoms with Gasteiger partial charge in [0.2, 0.25) is 0 Å². The van der Waals surface area contributed by atoms with Gasteiger partial charge in [-0.15, -0.1) is 0 Å². The fraction of sp³-hybridized carbons (Fsp3) is 0.500. The number of hydrogen-bond donors (Lipinski definition) is 1. The Kier molecular flexibility index (Phi) is 4.20. The van der Waals surface area contributed by atoms with E-state index in [-0.39, 0.29) is 0 Å². The highest BCUT2D eigenvalue weighted by Crippen LogP contribution is 2.05. The summed E-state index contributed by atoms with van der Waals surface area (Å²) in [5.41, 5.74) is 2.61. The molecular weight excluding hydrogens is 224 g/mol. The molecule has 4 heteroatoms. The molecule has 2 aromatic rings. The molecule has 0 amide bonds. The van der Waals surface area contributed by atoms with Gasteiger partial charge in [-0.05, 0) is 17.7 Å². The van der Waals surface area contributed by atoms with Crippen molar-refractivity contribution >= 4 is 0 Å². The highest BCUT2D eigenvalue weighted by Gasteiger charge is 2.01. The number of nitrogens with one attached hydrogen (secondary N) is 1. The molecule has 1 N–H and O–H groups in total. The topological polar surface area (TPSA) is 34.8 Å². The normalized spacial score (nSPS) is 11.3. The maximum absolute atomic E-state index is 4.18. The molecule has 2 aromatic heterocycles. The molecule has 4 nitrogen and oxygen atoms in total. The van der Waals surface area contributed by atoms with E-state index in [1.54, 1.807) is 0 Å². The maximum atomic E-state index is 4.18. The van der Waals surface area contributed by atoms with E-state index in [9.17, 15) is 0 Å². The summed E-state index contributed by atoms with van der Waals surface area (Å²) in [6, 6.07) is 4.78. The molecule has 98 valence electrons. The summed E-state index contributed by atoms with van der Waals surface area (Å²) in [7, 11) is 1.99. The molecule has 0 spiro atoms. The van der Waals surface area contributed by atoms with Gasteiger partial charge in [0, 0.05) is 56.9 Å². The van der Waals surface area contributed by atoms with Crippen molar-refractivity contribution in [3.63, 3.8) is 0 Å². The van der Waals surface area contributed by atoms with Crippen LogP contribution in [0.3, 0.4) is 0 Å². The van der Waals surface area contributed by atoms with Crippen LogP contribution in [0, 0.1) is 0 Å². The quantitative estimate of drug-likeness (QED) is 0.845. The van der Waals surface area contributed by atoms with Crippen molar-refractivity contribution in [1.29, 1.82) is 0 Å². The zero-order valence-electron chi connectivity index (χ0n) is 11.4. The van der Waals surface area contributed by atoms with Crippen LogP contribution in [0.15, 0.2) is 30.7 Å². The first-order valence-corrected chi connectivity index (χ1v) is 6.50. The molecule has 0 atom stereocenters. The lowest BCUT2D eigenvalue weighted by atomic mass is 10.3. The average molecular weight is 246 g/mol. The second kappa shape index (κ2) is 5.87. The average Bonchev–Trinajstić information content (AvgIpc) is 2.93. The van der Waals surface area contributed by atoms with Crippen molar-refractivity contribution in [3.05, 3.63) is 42.0 Å². The van der Waals surface area contributed by atoms with Crippen LogP contribution in [0.2, 0.25) is 0 Å². The van der Waals surface area contributed by atoms with Gasteiger partial charge in [-0.1, -0.05) is 13.8 Å². The van der Waals surface area contributed by atoms with Gasteiger partial charge in [-0.2, -0.15) is 5.10 Å². The van der Waals surface area contributed by atoms with Crippen molar-refractivity contribution in [2.24, 2.45) is 7.05 Å².